The molecule has 0 saturated carbocycles. The van der Waals surface area contributed by atoms with Gasteiger partial charge in [0.2, 0.25) is 11.8 Å². The van der Waals surface area contributed by atoms with Gasteiger partial charge in [-0.3, -0.25) is 4.79 Å². The third-order valence-corrected chi connectivity index (χ3v) is 6.02. The number of benzene rings is 1. The van der Waals surface area contributed by atoms with Crippen molar-refractivity contribution in [2.75, 3.05) is 5.32 Å². The zero-order valence-corrected chi connectivity index (χ0v) is 21.0. The SMILES string of the molecule is Cn1ncc(Nc2ncnc(-c3cc4c(cc3F)[C@H](NC(=O)c3noc(C(C)(C)C)n3)CCCC4)n2)n1. The fourth-order valence-electron chi connectivity index (χ4n) is 4.16. The van der Waals surface area contributed by atoms with Gasteiger partial charge in [0.25, 0.3) is 11.7 Å². The van der Waals surface area contributed by atoms with Gasteiger partial charge < -0.3 is 15.2 Å². The third-order valence-electron chi connectivity index (χ3n) is 6.02. The maximum Gasteiger partial charge on any atom is 0.293 e. The predicted molar refractivity (Wildman–Crippen MR) is 130 cm³/mol. The van der Waals surface area contributed by atoms with Gasteiger partial charge in [-0.2, -0.15) is 19.9 Å². The summed E-state index contributed by atoms with van der Waals surface area (Å²) >= 11 is 0. The first-order chi connectivity index (χ1) is 17.7. The van der Waals surface area contributed by atoms with E-state index in [9.17, 15) is 4.79 Å². The van der Waals surface area contributed by atoms with E-state index in [0.29, 0.717) is 18.1 Å². The number of hydrogen-bond donors (Lipinski definition) is 2. The number of aromatic nitrogens is 8. The minimum absolute atomic E-state index is 0.0406. The monoisotopic (exact) mass is 506 g/mol. The number of rotatable bonds is 5. The number of halogens is 1. The van der Waals surface area contributed by atoms with E-state index in [1.165, 1.54) is 23.4 Å². The molecule has 2 N–H and O–H groups in total. The quantitative estimate of drug-likeness (QED) is 0.385. The summed E-state index contributed by atoms with van der Waals surface area (Å²) in [5, 5.41) is 17.9. The smallest absolute Gasteiger partial charge is 0.293 e. The lowest BCUT2D eigenvalue weighted by atomic mass is 9.96. The second kappa shape index (κ2) is 9.64. The number of anilines is 2. The molecule has 1 atom stereocenters. The highest BCUT2D eigenvalue weighted by Crippen LogP contribution is 2.33. The number of nitrogens with zero attached hydrogens (tertiary/aromatic N) is 8. The van der Waals surface area contributed by atoms with E-state index >= 15 is 4.39 Å². The molecular weight excluding hydrogens is 479 g/mol. The number of nitrogens with one attached hydrogen (secondary N) is 2. The molecule has 1 aromatic carbocycles. The van der Waals surface area contributed by atoms with Gasteiger partial charge in [0.15, 0.2) is 11.6 Å². The molecule has 13 heteroatoms. The molecule has 5 rings (SSSR count). The van der Waals surface area contributed by atoms with Gasteiger partial charge in [0.1, 0.15) is 12.1 Å². The lowest BCUT2D eigenvalue weighted by Gasteiger charge is -2.19. The Morgan fingerprint density at radius 1 is 1.19 bits per heavy atom. The summed E-state index contributed by atoms with van der Waals surface area (Å²) in [6.07, 6.45) is 6.01. The molecular formula is C24H27FN10O2. The molecule has 4 aromatic rings. The van der Waals surface area contributed by atoms with Crippen molar-refractivity contribution >= 4 is 17.7 Å². The first-order valence-corrected chi connectivity index (χ1v) is 12.0. The summed E-state index contributed by atoms with van der Waals surface area (Å²) in [6, 6.07) is 2.82. The van der Waals surface area contributed by atoms with Crippen LogP contribution < -0.4 is 10.6 Å². The predicted octanol–water partition coefficient (Wildman–Crippen LogP) is 3.43. The minimum atomic E-state index is -0.494. The molecule has 0 unspecified atom stereocenters. The molecule has 192 valence electrons. The van der Waals surface area contributed by atoms with Gasteiger partial charge in [0, 0.05) is 12.5 Å². The highest BCUT2D eigenvalue weighted by Gasteiger charge is 2.28. The maximum absolute atomic E-state index is 15.4. The lowest BCUT2D eigenvalue weighted by Crippen LogP contribution is -2.30. The Morgan fingerprint density at radius 2 is 2.03 bits per heavy atom. The van der Waals surface area contributed by atoms with E-state index in [2.05, 4.69) is 45.9 Å². The van der Waals surface area contributed by atoms with Crippen LogP contribution >= 0.6 is 0 Å². The Kier molecular flexibility index (Phi) is 6.36. The molecule has 1 aliphatic rings. The number of hydrogen-bond acceptors (Lipinski definition) is 10. The molecule has 1 amide bonds. The fraction of sp³-hybridized carbons (Fsp3) is 0.417. The van der Waals surface area contributed by atoms with Gasteiger partial charge in [-0.15, -0.1) is 5.10 Å². The average molecular weight is 507 g/mol. The van der Waals surface area contributed by atoms with Crippen molar-refractivity contribution in [2.24, 2.45) is 7.05 Å². The van der Waals surface area contributed by atoms with E-state index in [4.69, 9.17) is 4.52 Å². The van der Waals surface area contributed by atoms with Gasteiger partial charge in [-0.25, -0.2) is 14.4 Å². The van der Waals surface area contributed by atoms with Crippen LogP contribution in [-0.4, -0.2) is 46.0 Å². The highest BCUT2D eigenvalue weighted by molar-refractivity contribution is 5.90. The number of aryl methyl sites for hydroxylation is 2. The van der Waals surface area contributed by atoms with E-state index in [1.54, 1.807) is 13.1 Å². The number of carbonyl (C=O) groups excluding carboxylic acids is 1. The topological polar surface area (TPSA) is 149 Å². The first-order valence-electron chi connectivity index (χ1n) is 12.0. The molecule has 3 heterocycles. The van der Waals surface area contributed by atoms with E-state index in [1.807, 2.05) is 20.8 Å². The van der Waals surface area contributed by atoms with Gasteiger partial charge in [-0.1, -0.05) is 32.3 Å². The summed E-state index contributed by atoms with van der Waals surface area (Å²) in [6.45, 7) is 5.77. The first kappa shape index (κ1) is 24.4. The van der Waals surface area contributed by atoms with Crippen molar-refractivity contribution in [2.45, 2.75) is 57.9 Å². The van der Waals surface area contributed by atoms with Crippen molar-refractivity contribution < 1.29 is 13.7 Å². The van der Waals surface area contributed by atoms with Crippen molar-refractivity contribution in [1.82, 2.24) is 45.4 Å². The van der Waals surface area contributed by atoms with Crippen LogP contribution in [0.15, 0.2) is 29.2 Å². The summed E-state index contributed by atoms with van der Waals surface area (Å²) in [5.74, 6) is 0.246. The molecule has 0 fully saturated rings. The fourth-order valence-corrected chi connectivity index (χ4v) is 4.16. The van der Waals surface area contributed by atoms with Crippen LogP contribution in [0.3, 0.4) is 0 Å². The molecule has 0 saturated heterocycles. The van der Waals surface area contributed by atoms with Crippen molar-refractivity contribution in [3.8, 4) is 11.4 Å². The molecule has 0 aliphatic heterocycles. The van der Waals surface area contributed by atoms with Crippen LogP contribution in [0.1, 0.15) is 73.7 Å². The zero-order valence-electron chi connectivity index (χ0n) is 21.0. The minimum Gasteiger partial charge on any atom is -0.342 e. The molecule has 0 bridgehead atoms. The molecule has 3 aromatic heterocycles. The second-order valence-electron chi connectivity index (χ2n) is 9.95. The Balaban J connectivity index is 1.40. The standard InChI is InChI=1S/C24H27FN10O2/c1-24(2,3)22-31-20(34-37-22)21(36)29-17-8-6-5-7-13-9-15(16(25)10-14(13)17)19-26-12-27-23(32-19)30-18-11-28-35(4)33-18/h9-12,17H,5-8H2,1-4H3,(H,29,36)(H,26,27,30,32,33)/t17-/m1/s1. The van der Waals surface area contributed by atoms with Crippen molar-refractivity contribution in [3.63, 3.8) is 0 Å². The number of fused-ring (bicyclic) bond motifs is 1. The van der Waals surface area contributed by atoms with Crippen molar-refractivity contribution in [3.05, 3.63) is 53.3 Å². The number of amides is 1. The van der Waals surface area contributed by atoms with Crippen LogP contribution in [0, 0.1) is 5.82 Å². The van der Waals surface area contributed by atoms with Gasteiger partial charge in [0.05, 0.1) is 17.8 Å². The summed E-state index contributed by atoms with van der Waals surface area (Å²) in [4.78, 5) is 31.2. The maximum atomic E-state index is 15.4. The summed E-state index contributed by atoms with van der Waals surface area (Å²) in [5.41, 5.74) is 1.52. The van der Waals surface area contributed by atoms with Crippen molar-refractivity contribution in [1.29, 1.82) is 0 Å². The Labute approximate surface area is 212 Å². The Morgan fingerprint density at radius 3 is 2.76 bits per heavy atom. The van der Waals surface area contributed by atoms with Gasteiger partial charge >= 0.3 is 0 Å². The van der Waals surface area contributed by atoms with Crippen LogP contribution in [0.4, 0.5) is 16.2 Å². The van der Waals surface area contributed by atoms with Crippen LogP contribution in [0.5, 0.6) is 0 Å². The van der Waals surface area contributed by atoms with Crippen LogP contribution in [0.25, 0.3) is 11.4 Å². The van der Waals surface area contributed by atoms with E-state index in [-0.39, 0.29) is 28.6 Å². The third kappa shape index (κ3) is 5.29. The average Bonchev–Trinajstić information content (AvgIpc) is 3.47. The zero-order chi connectivity index (χ0) is 26.2. The summed E-state index contributed by atoms with van der Waals surface area (Å²) in [7, 11) is 1.69. The molecule has 0 radical (unpaired) electrons. The van der Waals surface area contributed by atoms with Crippen LogP contribution in [0.2, 0.25) is 0 Å². The molecule has 1 aliphatic carbocycles. The molecule has 0 spiro atoms. The van der Waals surface area contributed by atoms with E-state index in [0.717, 1.165) is 30.4 Å². The highest BCUT2D eigenvalue weighted by atomic mass is 19.1. The van der Waals surface area contributed by atoms with E-state index < -0.39 is 17.8 Å². The largest absolute Gasteiger partial charge is 0.342 e. The second-order valence-corrected chi connectivity index (χ2v) is 9.95. The Hall–Kier alpha value is -4.29. The number of carbonyl (C=O) groups is 1. The van der Waals surface area contributed by atoms with Crippen LogP contribution in [-0.2, 0) is 18.9 Å². The van der Waals surface area contributed by atoms with Gasteiger partial charge in [-0.05, 0) is 42.5 Å². The Bertz CT molecular complexity index is 1440. The molecule has 12 nitrogen and oxygen atoms in total. The summed E-state index contributed by atoms with van der Waals surface area (Å²) < 4.78 is 20.7. The lowest BCUT2D eigenvalue weighted by molar-refractivity contribution is 0.0920. The normalized spacial score (nSPS) is 15.6. The molecule has 37 heavy (non-hydrogen) atoms.